The summed E-state index contributed by atoms with van der Waals surface area (Å²) in [6.45, 7) is 0.189. The molecule has 0 bridgehead atoms. The number of methoxy groups -OCH3 is 1. The van der Waals surface area contributed by atoms with Gasteiger partial charge in [-0.2, -0.15) is 0 Å². The summed E-state index contributed by atoms with van der Waals surface area (Å²) < 4.78 is 5.37. The van der Waals surface area contributed by atoms with Crippen molar-refractivity contribution in [2.24, 2.45) is 5.41 Å². The van der Waals surface area contributed by atoms with Crippen molar-refractivity contribution < 1.29 is 9.84 Å². The Kier molecular flexibility index (Phi) is 3.61. The minimum Gasteiger partial charge on any atom is -0.496 e. The molecule has 0 spiro atoms. The molecule has 1 aliphatic carbocycles. The van der Waals surface area contributed by atoms with Gasteiger partial charge in [0.05, 0.1) is 13.7 Å². The summed E-state index contributed by atoms with van der Waals surface area (Å²) in [5.41, 5.74) is 0.973. The van der Waals surface area contributed by atoms with Crippen LogP contribution >= 0.6 is 11.6 Å². The molecule has 2 rings (SSSR count). The van der Waals surface area contributed by atoms with Crippen LogP contribution < -0.4 is 10.1 Å². The van der Waals surface area contributed by atoms with E-state index in [1.54, 1.807) is 7.11 Å². The zero-order valence-corrected chi connectivity index (χ0v) is 10.9. The number of halogens is 1. The first kappa shape index (κ1) is 12.7. The van der Waals surface area contributed by atoms with Gasteiger partial charge in [-0.3, -0.25) is 0 Å². The molecule has 1 atom stereocenters. The Morgan fingerprint density at radius 1 is 1.53 bits per heavy atom. The average Bonchev–Trinajstić information content (AvgIpc) is 3.11. The zero-order chi connectivity index (χ0) is 12.5. The number of ether oxygens (including phenoxy) is 1. The molecule has 1 unspecified atom stereocenters. The maximum absolute atomic E-state index is 9.54. The molecule has 1 aliphatic rings. The van der Waals surface area contributed by atoms with E-state index in [2.05, 4.69) is 5.32 Å². The fraction of sp³-hybridized carbons (Fsp3) is 0.538. The van der Waals surface area contributed by atoms with Crippen LogP contribution in [0.1, 0.15) is 24.4 Å². The summed E-state index contributed by atoms with van der Waals surface area (Å²) in [7, 11) is 3.55. The van der Waals surface area contributed by atoms with Gasteiger partial charge in [-0.15, -0.1) is 0 Å². The lowest BCUT2D eigenvalue weighted by Crippen LogP contribution is -2.29. The van der Waals surface area contributed by atoms with Gasteiger partial charge in [0.25, 0.3) is 0 Å². The molecule has 0 saturated heterocycles. The first-order valence-electron chi connectivity index (χ1n) is 5.78. The Labute approximate surface area is 107 Å². The average molecular weight is 256 g/mol. The molecule has 94 valence electrons. The number of aliphatic hydroxyl groups excluding tert-OH is 1. The third-order valence-corrected chi connectivity index (χ3v) is 3.85. The molecule has 1 fully saturated rings. The van der Waals surface area contributed by atoms with Crippen molar-refractivity contribution in [1.29, 1.82) is 0 Å². The summed E-state index contributed by atoms with van der Waals surface area (Å²) in [5.74, 6) is 0.813. The van der Waals surface area contributed by atoms with E-state index < -0.39 is 0 Å². The summed E-state index contributed by atoms with van der Waals surface area (Å²) in [6.07, 6.45) is 2.06. The molecule has 0 heterocycles. The summed E-state index contributed by atoms with van der Waals surface area (Å²) in [4.78, 5) is 0. The monoisotopic (exact) mass is 255 g/mol. The van der Waals surface area contributed by atoms with Crippen LogP contribution in [-0.4, -0.2) is 25.9 Å². The van der Waals surface area contributed by atoms with Crippen molar-refractivity contribution in [3.63, 3.8) is 0 Å². The highest BCUT2D eigenvalue weighted by Gasteiger charge is 2.49. The smallest absolute Gasteiger partial charge is 0.123 e. The van der Waals surface area contributed by atoms with E-state index in [0.29, 0.717) is 5.02 Å². The summed E-state index contributed by atoms with van der Waals surface area (Å²) >= 11 is 6.04. The van der Waals surface area contributed by atoms with Gasteiger partial charge in [0.15, 0.2) is 0 Å². The second kappa shape index (κ2) is 4.84. The van der Waals surface area contributed by atoms with Crippen molar-refractivity contribution in [2.45, 2.75) is 18.9 Å². The SMILES string of the molecule is CNC(c1cc(Cl)ccc1OC)C1(CO)CC1. The quantitative estimate of drug-likeness (QED) is 0.849. The second-order valence-corrected chi connectivity index (χ2v) is 5.06. The van der Waals surface area contributed by atoms with Crippen molar-refractivity contribution in [3.05, 3.63) is 28.8 Å². The van der Waals surface area contributed by atoms with Crippen LogP contribution in [0.5, 0.6) is 5.75 Å². The normalized spacial score (nSPS) is 18.8. The van der Waals surface area contributed by atoms with Crippen LogP contribution in [0.3, 0.4) is 0 Å². The van der Waals surface area contributed by atoms with Gasteiger partial charge in [-0.1, -0.05) is 11.6 Å². The lowest BCUT2D eigenvalue weighted by atomic mass is 9.90. The summed E-state index contributed by atoms with van der Waals surface area (Å²) in [5, 5.41) is 13.5. The molecule has 1 saturated carbocycles. The minimum atomic E-state index is -0.0489. The Balaban J connectivity index is 2.39. The van der Waals surface area contributed by atoms with Crippen LogP contribution in [0.4, 0.5) is 0 Å². The number of rotatable bonds is 5. The Hall–Kier alpha value is -0.770. The molecule has 0 aromatic heterocycles. The minimum absolute atomic E-state index is 0.0489. The third-order valence-electron chi connectivity index (χ3n) is 3.61. The van der Waals surface area contributed by atoms with Crippen molar-refractivity contribution >= 4 is 11.6 Å². The van der Waals surface area contributed by atoms with Crippen molar-refractivity contribution in [3.8, 4) is 5.75 Å². The van der Waals surface area contributed by atoms with Gasteiger partial charge < -0.3 is 15.2 Å². The lowest BCUT2D eigenvalue weighted by molar-refractivity contribution is 0.174. The highest BCUT2D eigenvalue weighted by Crippen LogP contribution is 2.55. The van der Waals surface area contributed by atoms with Crippen LogP contribution in [-0.2, 0) is 0 Å². The van der Waals surface area contributed by atoms with E-state index in [9.17, 15) is 5.11 Å². The van der Waals surface area contributed by atoms with Crippen LogP contribution in [0.15, 0.2) is 18.2 Å². The molecule has 3 nitrogen and oxygen atoms in total. The van der Waals surface area contributed by atoms with Crippen LogP contribution in [0.2, 0.25) is 5.02 Å². The van der Waals surface area contributed by atoms with E-state index >= 15 is 0 Å². The van der Waals surface area contributed by atoms with E-state index in [4.69, 9.17) is 16.3 Å². The predicted octanol–water partition coefficient (Wildman–Crippen LogP) is 2.38. The van der Waals surface area contributed by atoms with Gasteiger partial charge in [-0.25, -0.2) is 0 Å². The fourth-order valence-electron chi connectivity index (χ4n) is 2.42. The topological polar surface area (TPSA) is 41.5 Å². The van der Waals surface area contributed by atoms with Crippen molar-refractivity contribution in [2.75, 3.05) is 20.8 Å². The zero-order valence-electron chi connectivity index (χ0n) is 10.2. The molecule has 1 aromatic carbocycles. The molecular weight excluding hydrogens is 238 g/mol. The fourth-order valence-corrected chi connectivity index (χ4v) is 2.60. The molecule has 17 heavy (non-hydrogen) atoms. The number of nitrogens with one attached hydrogen (secondary N) is 1. The first-order chi connectivity index (χ1) is 8.16. The molecule has 0 aliphatic heterocycles. The Morgan fingerprint density at radius 2 is 2.24 bits per heavy atom. The maximum atomic E-state index is 9.54. The Morgan fingerprint density at radius 3 is 2.71 bits per heavy atom. The van der Waals surface area contributed by atoms with E-state index in [0.717, 1.165) is 24.2 Å². The number of aliphatic hydroxyl groups is 1. The largest absolute Gasteiger partial charge is 0.496 e. The summed E-state index contributed by atoms with van der Waals surface area (Å²) in [6, 6.07) is 5.68. The standard InChI is InChI=1S/C13H18ClNO2/c1-15-12(13(8-16)5-6-13)10-7-9(14)3-4-11(10)17-2/h3-4,7,12,15-16H,5-6,8H2,1-2H3. The van der Waals surface area contributed by atoms with Gasteiger partial charge in [0, 0.05) is 22.0 Å². The van der Waals surface area contributed by atoms with Gasteiger partial charge in [0.2, 0.25) is 0 Å². The number of hydrogen-bond acceptors (Lipinski definition) is 3. The van der Waals surface area contributed by atoms with E-state index in [1.165, 1.54) is 0 Å². The molecular formula is C13H18ClNO2. The van der Waals surface area contributed by atoms with Gasteiger partial charge in [-0.05, 0) is 38.1 Å². The number of benzene rings is 1. The molecule has 0 radical (unpaired) electrons. The van der Waals surface area contributed by atoms with Crippen LogP contribution in [0, 0.1) is 5.41 Å². The highest BCUT2D eigenvalue weighted by molar-refractivity contribution is 6.30. The van der Waals surface area contributed by atoms with Gasteiger partial charge in [0.1, 0.15) is 5.75 Å². The lowest BCUT2D eigenvalue weighted by Gasteiger charge is -2.27. The molecule has 4 heteroatoms. The van der Waals surface area contributed by atoms with E-state index in [1.807, 2.05) is 25.2 Å². The van der Waals surface area contributed by atoms with Crippen LogP contribution in [0.25, 0.3) is 0 Å². The first-order valence-corrected chi connectivity index (χ1v) is 6.16. The number of hydrogen-bond donors (Lipinski definition) is 2. The highest BCUT2D eigenvalue weighted by atomic mass is 35.5. The van der Waals surface area contributed by atoms with Crippen molar-refractivity contribution in [1.82, 2.24) is 5.32 Å². The molecule has 0 amide bonds. The Bertz CT molecular complexity index is 404. The molecule has 2 N–H and O–H groups in total. The predicted molar refractivity (Wildman–Crippen MR) is 68.6 cm³/mol. The van der Waals surface area contributed by atoms with E-state index in [-0.39, 0.29) is 18.1 Å². The van der Waals surface area contributed by atoms with Gasteiger partial charge >= 0.3 is 0 Å². The third kappa shape index (κ3) is 2.28. The second-order valence-electron chi connectivity index (χ2n) is 4.63. The maximum Gasteiger partial charge on any atom is 0.123 e. The molecule has 1 aromatic rings.